The maximum Gasteiger partial charge on any atom is 0.204 e. The predicted molar refractivity (Wildman–Crippen MR) is 237 cm³/mol. The summed E-state index contributed by atoms with van der Waals surface area (Å²) in [4.78, 5) is 33.8. The van der Waals surface area contributed by atoms with Crippen LogP contribution in [-0.4, -0.2) is 39.5 Å². The highest BCUT2D eigenvalue weighted by molar-refractivity contribution is 5.88. The van der Waals surface area contributed by atoms with Gasteiger partial charge in [0.25, 0.3) is 0 Å². The number of pyridine rings is 7. The molecule has 0 atom stereocenters. The molecule has 0 fully saturated rings. The van der Waals surface area contributed by atoms with Gasteiger partial charge >= 0.3 is 0 Å². The molecule has 0 unspecified atom stereocenters. The number of aromatic nitrogens is 9. The lowest BCUT2D eigenvalue weighted by Gasteiger charge is -2.37. The molecule has 296 valence electrons. The number of benzene rings is 2. The molecule has 8 heterocycles. The van der Waals surface area contributed by atoms with E-state index in [4.69, 9.17) is 34.9 Å². The Morgan fingerprint density at radius 2 is 0.841 bits per heavy atom. The van der Waals surface area contributed by atoms with E-state index in [1.807, 2.05) is 104 Å². The second-order valence-corrected chi connectivity index (χ2v) is 16.5. The van der Waals surface area contributed by atoms with Crippen molar-refractivity contribution in [3.63, 3.8) is 0 Å². The third-order valence-corrected chi connectivity index (χ3v) is 13.7. The van der Waals surface area contributed by atoms with Gasteiger partial charge in [0.2, 0.25) is 6.33 Å². The first-order valence-electron chi connectivity index (χ1n) is 20.9. The summed E-state index contributed by atoms with van der Waals surface area (Å²) in [6.07, 6.45) is 33.0. The van der Waals surface area contributed by atoms with Crippen molar-refractivity contribution in [1.82, 2.24) is 39.5 Å². The van der Waals surface area contributed by atoms with Crippen molar-refractivity contribution in [2.24, 2.45) is 7.05 Å². The number of imidazole rings is 1. The van der Waals surface area contributed by atoms with Crippen LogP contribution in [0, 0.1) is 6.33 Å². The lowest BCUT2D eigenvalue weighted by molar-refractivity contribution is -0.675. The second kappa shape index (κ2) is 13.1. The molecule has 0 bridgehead atoms. The van der Waals surface area contributed by atoms with Crippen LogP contribution in [0.3, 0.4) is 0 Å². The zero-order chi connectivity index (χ0) is 41.8. The average molecular weight is 810 g/mol. The van der Waals surface area contributed by atoms with Gasteiger partial charge in [0.1, 0.15) is 0 Å². The van der Waals surface area contributed by atoms with E-state index in [-0.39, 0.29) is 0 Å². The van der Waals surface area contributed by atoms with Crippen molar-refractivity contribution in [3.05, 3.63) is 264 Å². The molecule has 0 N–H and O–H groups in total. The first-order chi connectivity index (χ1) is 31.2. The average Bonchev–Trinajstić information content (AvgIpc) is 4.09. The van der Waals surface area contributed by atoms with Crippen molar-refractivity contribution in [3.8, 4) is 33.4 Å². The lowest BCUT2D eigenvalue weighted by Crippen LogP contribution is -2.38. The number of hydrogen-bond donors (Lipinski definition) is 0. The third kappa shape index (κ3) is 4.49. The second-order valence-electron chi connectivity index (χ2n) is 16.5. The molecule has 9 nitrogen and oxygen atoms in total. The Morgan fingerprint density at radius 1 is 0.429 bits per heavy atom. The van der Waals surface area contributed by atoms with E-state index in [0.717, 1.165) is 94.7 Å². The van der Waals surface area contributed by atoms with E-state index in [1.54, 1.807) is 0 Å². The van der Waals surface area contributed by atoms with Crippen LogP contribution in [0.4, 0.5) is 0 Å². The van der Waals surface area contributed by atoms with E-state index in [2.05, 4.69) is 114 Å². The summed E-state index contributed by atoms with van der Waals surface area (Å²) in [5.74, 6) is 0. The fraction of sp³-hybridized carbons (Fsp3) is 0.0741. The van der Waals surface area contributed by atoms with Crippen LogP contribution < -0.4 is 4.57 Å². The summed E-state index contributed by atoms with van der Waals surface area (Å²) >= 11 is 0. The molecule has 0 aliphatic heterocycles. The Balaban J connectivity index is 1.13. The smallest absolute Gasteiger partial charge is 0.204 e. The first kappa shape index (κ1) is 35.5. The van der Waals surface area contributed by atoms with Gasteiger partial charge in [0, 0.05) is 97.2 Å². The topological polar surface area (TPSA) is 99.0 Å². The van der Waals surface area contributed by atoms with Crippen molar-refractivity contribution in [1.29, 1.82) is 0 Å². The molecular weight excluding hydrogens is 775 g/mol. The fourth-order valence-corrected chi connectivity index (χ4v) is 11.4. The molecule has 0 spiro atoms. The van der Waals surface area contributed by atoms with E-state index in [0.29, 0.717) is 0 Å². The van der Waals surface area contributed by atoms with Gasteiger partial charge in [-0.1, -0.05) is 48.5 Å². The summed E-state index contributed by atoms with van der Waals surface area (Å²) in [5, 5.41) is 0. The lowest BCUT2D eigenvalue weighted by atomic mass is 9.65. The number of aryl methyl sites for hydroxylation is 1. The van der Waals surface area contributed by atoms with E-state index in [9.17, 15) is 0 Å². The Labute approximate surface area is 363 Å². The molecule has 2 aromatic carbocycles. The van der Waals surface area contributed by atoms with Gasteiger partial charge in [-0.3, -0.25) is 34.9 Å². The van der Waals surface area contributed by atoms with Crippen LogP contribution in [0.25, 0.3) is 33.4 Å². The molecule has 3 aliphatic carbocycles. The van der Waals surface area contributed by atoms with Gasteiger partial charge in [-0.2, -0.15) is 0 Å². The Hall–Kier alpha value is -8.30. The van der Waals surface area contributed by atoms with Gasteiger partial charge < -0.3 is 9.13 Å². The fourth-order valence-electron chi connectivity index (χ4n) is 11.4. The summed E-state index contributed by atoms with van der Waals surface area (Å²) in [5.41, 5.74) is 15.7. The SMILES string of the molecule is C[n+]1[c-]n(C2(c3cccc(C4(c5cccc(C6(c7ccccn7)c7cnccc7-c7ccncc76)c5)c5cnccc5-c5ccncc54)c3)c3cnccc3-c3ccncc32)cc1. The molecule has 9 heteroatoms. The molecule has 0 radical (unpaired) electrons. The summed E-state index contributed by atoms with van der Waals surface area (Å²) in [6.45, 7) is 0. The third-order valence-electron chi connectivity index (χ3n) is 13.7. The highest BCUT2D eigenvalue weighted by Crippen LogP contribution is 2.60. The molecule has 0 amide bonds. The molecule has 3 aliphatic rings. The highest BCUT2D eigenvalue weighted by atomic mass is 15.2. The molecule has 8 aromatic heterocycles. The zero-order valence-electron chi connectivity index (χ0n) is 34.0. The van der Waals surface area contributed by atoms with Gasteiger partial charge in [-0.15, -0.1) is 0 Å². The van der Waals surface area contributed by atoms with Crippen LogP contribution in [0.2, 0.25) is 0 Å². The number of hydrogen-bond acceptors (Lipinski definition) is 7. The number of nitrogens with zero attached hydrogens (tertiary/aromatic N) is 9. The molecule has 0 saturated carbocycles. The maximum atomic E-state index is 5.12. The molecule has 63 heavy (non-hydrogen) atoms. The van der Waals surface area contributed by atoms with Crippen molar-refractivity contribution in [2.75, 3.05) is 0 Å². The normalized spacial score (nSPS) is 15.1. The minimum atomic E-state index is -0.862. The van der Waals surface area contributed by atoms with E-state index < -0.39 is 16.4 Å². The molecule has 13 rings (SSSR count). The van der Waals surface area contributed by atoms with Gasteiger partial charge in [-0.05, 0) is 139 Å². The van der Waals surface area contributed by atoms with Crippen LogP contribution in [0.1, 0.15) is 61.3 Å². The van der Waals surface area contributed by atoms with Crippen LogP contribution in [0.5, 0.6) is 0 Å². The monoisotopic (exact) mass is 809 g/mol. The predicted octanol–water partition coefficient (Wildman–Crippen LogP) is 8.42. The van der Waals surface area contributed by atoms with Gasteiger partial charge in [-0.25, -0.2) is 0 Å². The molecule has 10 aromatic rings. The van der Waals surface area contributed by atoms with Crippen molar-refractivity contribution in [2.45, 2.75) is 16.4 Å². The summed E-state index contributed by atoms with van der Waals surface area (Å²) in [7, 11) is 2.00. The standard InChI is InChI=1S/C54H35N9/c1-62-24-25-63(34-62)54(49-32-59-22-15-43(49)44-16-23-60-33-50(44)54)38-9-5-7-36(27-38)52(45-28-55-18-11-39(45)40-12-19-56-29-46(40)52)35-6-4-8-37(26-35)53(51-10-2-3-17-61-51)47-30-57-20-13-41(47)42-14-21-58-31-48(42)53/h2-33H,1H3. The van der Waals surface area contributed by atoms with Gasteiger partial charge in [0.05, 0.1) is 23.6 Å². The van der Waals surface area contributed by atoms with Crippen LogP contribution in [0.15, 0.2) is 196 Å². The Bertz CT molecular complexity index is 3330. The van der Waals surface area contributed by atoms with E-state index in [1.165, 1.54) is 0 Å². The maximum absolute atomic E-state index is 5.12. The van der Waals surface area contributed by atoms with Crippen molar-refractivity contribution >= 4 is 0 Å². The summed E-state index contributed by atoms with van der Waals surface area (Å²) in [6, 6.07) is 37.0. The van der Waals surface area contributed by atoms with Crippen LogP contribution in [-0.2, 0) is 23.4 Å². The van der Waals surface area contributed by atoms with Crippen LogP contribution >= 0.6 is 0 Å². The largest absolute Gasteiger partial charge is 0.354 e. The highest BCUT2D eigenvalue weighted by Gasteiger charge is 2.53. The quantitative estimate of drug-likeness (QED) is 0.123. The first-order valence-corrected chi connectivity index (χ1v) is 20.9. The van der Waals surface area contributed by atoms with Gasteiger partial charge in [0.15, 0.2) is 5.54 Å². The van der Waals surface area contributed by atoms with E-state index >= 15 is 0 Å². The Kier molecular flexibility index (Phi) is 7.37. The van der Waals surface area contributed by atoms with Crippen molar-refractivity contribution < 1.29 is 4.57 Å². The minimum absolute atomic E-state index is 0.817. The summed E-state index contributed by atoms with van der Waals surface area (Å²) < 4.78 is 4.15. The molecular formula is C54H35N9. The minimum Gasteiger partial charge on any atom is -0.354 e. The molecule has 0 saturated heterocycles. The zero-order valence-corrected chi connectivity index (χ0v) is 34.0. The Morgan fingerprint density at radius 3 is 1.29 bits per heavy atom. The number of rotatable bonds is 6. The number of fused-ring (bicyclic) bond motifs is 9.